The number of unbranched alkanes of at least 4 members (excludes halogenated alkanes) is 1. The number of alkyl carbamates (subject to hydrolysis) is 1. The van der Waals surface area contributed by atoms with E-state index in [2.05, 4.69) is 20.9 Å². The zero-order valence-corrected chi connectivity index (χ0v) is 14.4. The summed E-state index contributed by atoms with van der Waals surface area (Å²) in [6.45, 7) is 4.55. The highest BCUT2D eigenvalue weighted by Crippen LogP contribution is 2.04. The fraction of sp³-hybridized carbons (Fsp3) is 0.600. The summed E-state index contributed by atoms with van der Waals surface area (Å²) in [5.41, 5.74) is 0. The second kappa shape index (κ2) is 10.7. The minimum absolute atomic E-state index is 0.259. The van der Waals surface area contributed by atoms with Crippen molar-refractivity contribution in [3.63, 3.8) is 0 Å². The molecule has 1 aliphatic heterocycles. The molecule has 2 amide bonds. The molecule has 1 atom stereocenters. The van der Waals surface area contributed by atoms with E-state index in [-0.39, 0.29) is 12.5 Å². The van der Waals surface area contributed by atoms with Crippen LogP contribution in [-0.2, 0) is 9.53 Å². The van der Waals surface area contributed by atoms with E-state index in [1.807, 2.05) is 13.0 Å². The second-order valence-electron chi connectivity index (χ2n) is 5.05. The molecule has 1 rings (SSSR count). The quantitative estimate of drug-likeness (QED) is 0.461. The van der Waals surface area contributed by atoms with Crippen molar-refractivity contribution in [3.8, 4) is 0 Å². The Morgan fingerprint density at radius 3 is 2.83 bits per heavy atom. The van der Waals surface area contributed by atoms with Gasteiger partial charge >= 0.3 is 6.09 Å². The Bertz CT molecular complexity index is 491. The van der Waals surface area contributed by atoms with Crippen LogP contribution >= 0.6 is 12.2 Å². The summed E-state index contributed by atoms with van der Waals surface area (Å²) in [7, 11) is 0. The van der Waals surface area contributed by atoms with Gasteiger partial charge in [-0.15, -0.1) is 0 Å². The molecule has 0 aromatic heterocycles. The molecule has 0 aliphatic carbocycles. The Morgan fingerprint density at radius 2 is 2.22 bits per heavy atom. The summed E-state index contributed by atoms with van der Waals surface area (Å²) in [4.78, 5) is 28.7. The first-order chi connectivity index (χ1) is 11.0. The van der Waals surface area contributed by atoms with Crippen LogP contribution in [0, 0.1) is 0 Å². The predicted octanol–water partition coefficient (Wildman–Crippen LogP) is 1.64. The van der Waals surface area contributed by atoms with Crippen molar-refractivity contribution in [1.82, 2.24) is 16.0 Å². The van der Waals surface area contributed by atoms with Crippen molar-refractivity contribution in [2.45, 2.75) is 45.6 Å². The topological polar surface area (TPSA) is 91.8 Å². The lowest BCUT2D eigenvalue weighted by atomic mass is 10.1. The largest absolute Gasteiger partial charge is 0.450 e. The lowest BCUT2D eigenvalue weighted by molar-refractivity contribution is -0.121. The van der Waals surface area contributed by atoms with Crippen molar-refractivity contribution < 1.29 is 14.3 Å². The SMILES string of the molecule is CCOC(=O)N[C@@H](CCCCNC(C)=S)C(=O)NC1=NC=CC1. The summed E-state index contributed by atoms with van der Waals surface area (Å²) < 4.78 is 4.85. The summed E-state index contributed by atoms with van der Waals surface area (Å²) in [6, 6.07) is -0.647. The molecule has 0 spiro atoms. The Labute approximate surface area is 141 Å². The number of hydrogen-bond acceptors (Lipinski definition) is 5. The van der Waals surface area contributed by atoms with Gasteiger partial charge in [-0.05, 0) is 33.1 Å². The van der Waals surface area contributed by atoms with Gasteiger partial charge in [-0.25, -0.2) is 9.79 Å². The van der Waals surface area contributed by atoms with Crippen molar-refractivity contribution in [1.29, 1.82) is 0 Å². The molecule has 3 N–H and O–H groups in total. The number of amides is 2. The van der Waals surface area contributed by atoms with E-state index in [0.717, 1.165) is 24.4 Å². The molecule has 7 nitrogen and oxygen atoms in total. The van der Waals surface area contributed by atoms with E-state index < -0.39 is 12.1 Å². The highest BCUT2D eigenvalue weighted by molar-refractivity contribution is 7.80. The van der Waals surface area contributed by atoms with Crippen LogP contribution in [0.2, 0.25) is 0 Å². The molecule has 0 saturated carbocycles. The monoisotopic (exact) mass is 340 g/mol. The van der Waals surface area contributed by atoms with Crippen molar-refractivity contribution in [2.24, 2.45) is 4.99 Å². The predicted molar refractivity (Wildman–Crippen MR) is 93.4 cm³/mol. The highest BCUT2D eigenvalue weighted by Gasteiger charge is 2.22. The van der Waals surface area contributed by atoms with Crippen LogP contribution in [-0.4, -0.2) is 42.0 Å². The van der Waals surface area contributed by atoms with Gasteiger partial charge < -0.3 is 20.7 Å². The first-order valence-electron chi connectivity index (χ1n) is 7.73. The van der Waals surface area contributed by atoms with Crippen LogP contribution in [0.5, 0.6) is 0 Å². The third-order valence-corrected chi connectivity index (χ3v) is 3.24. The van der Waals surface area contributed by atoms with Crippen molar-refractivity contribution in [3.05, 3.63) is 12.3 Å². The lowest BCUT2D eigenvalue weighted by Gasteiger charge is -2.18. The number of amidine groups is 1. The van der Waals surface area contributed by atoms with Crippen LogP contribution in [0.3, 0.4) is 0 Å². The third kappa shape index (κ3) is 8.29. The average molecular weight is 340 g/mol. The Hall–Kier alpha value is -1.96. The number of thiocarbonyl (C=S) groups is 1. The third-order valence-electron chi connectivity index (χ3n) is 3.09. The molecule has 128 valence electrons. The molecule has 0 aromatic rings. The Balaban J connectivity index is 2.45. The van der Waals surface area contributed by atoms with Gasteiger partial charge in [-0.2, -0.15) is 0 Å². The van der Waals surface area contributed by atoms with Gasteiger partial charge in [0.25, 0.3) is 0 Å². The van der Waals surface area contributed by atoms with Gasteiger partial charge in [0.2, 0.25) is 5.91 Å². The van der Waals surface area contributed by atoms with E-state index >= 15 is 0 Å². The molecule has 0 bridgehead atoms. The number of aliphatic imine (C=N–C) groups is 1. The van der Waals surface area contributed by atoms with Gasteiger partial charge in [-0.3, -0.25) is 4.79 Å². The lowest BCUT2D eigenvalue weighted by Crippen LogP contribution is -2.48. The molecule has 1 heterocycles. The Kier molecular flexibility index (Phi) is 8.89. The molecule has 0 saturated heterocycles. The van der Waals surface area contributed by atoms with E-state index in [1.165, 1.54) is 0 Å². The van der Waals surface area contributed by atoms with E-state index in [1.54, 1.807) is 13.1 Å². The summed E-state index contributed by atoms with van der Waals surface area (Å²) in [6.07, 6.45) is 5.63. The highest BCUT2D eigenvalue weighted by atomic mass is 32.1. The van der Waals surface area contributed by atoms with Gasteiger partial charge in [-0.1, -0.05) is 18.3 Å². The summed E-state index contributed by atoms with van der Waals surface area (Å²) in [5, 5.41) is 8.38. The zero-order valence-electron chi connectivity index (χ0n) is 13.6. The molecule has 8 heteroatoms. The smallest absolute Gasteiger partial charge is 0.407 e. The van der Waals surface area contributed by atoms with Crippen molar-refractivity contribution >= 4 is 35.0 Å². The fourth-order valence-corrected chi connectivity index (χ4v) is 2.10. The number of carbonyl (C=O) groups is 2. The Morgan fingerprint density at radius 1 is 1.43 bits per heavy atom. The average Bonchev–Trinajstić information content (AvgIpc) is 2.98. The molecule has 23 heavy (non-hydrogen) atoms. The maximum Gasteiger partial charge on any atom is 0.407 e. The van der Waals surface area contributed by atoms with Crippen LogP contribution in [0.4, 0.5) is 4.79 Å². The minimum Gasteiger partial charge on any atom is -0.450 e. The summed E-state index contributed by atoms with van der Waals surface area (Å²) >= 11 is 4.94. The van der Waals surface area contributed by atoms with Gasteiger partial charge in [0.15, 0.2) is 0 Å². The van der Waals surface area contributed by atoms with Gasteiger partial charge in [0.05, 0.1) is 11.6 Å². The number of nitrogens with one attached hydrogen (secondary N) is 3. The normalized spacial score (nSPS) is 13.9. The molecule has 0 fully saturated rings. The van der Waals surface area contributed by atoms with Crippen molar-refractivity contribution in [2.75, 3.05) is 13.2 Å². The fourth-order valence-electron chi connectivity index (χ4n) is 1.99. The number of rotatable bonds is 8. The maximum atomic E-state index is 12.3. The molecule has 0 unspecified atom stereocenters. The minimum atomic E-state index is -0.647. The number of carbonyl (C=O) groups excluding carboxylic acids is 2. The first-order valence-corrected chi connectivity index (χ1v) is 8.14. The number of nitrogens with zero attached hydrogens (tertiary/aromatic N) is 1. The molecule has 0 aromatic carbocycles. The molecular formula is C15H24N4O3S. The van der Waals surface area contributed by atoms with E-state index in [0.29, 0.717) is 18.7 Å². The van der Waals surface area contributed by atoms with Crippen LogP contribution < -0.4 is 16.0 Å². The molecular weight excluding hydrogens is 316 g/mol. The molecule has 0 radical (unpaired) electrons. The van der Waals surface area contributed by atoms with Crippen LogP contribution in [0.1, 0.15) is 39.5 Å². The van der Waals surface area contributed by atoms with Gasteiger partial charge in [0.1, 0.15) is 11.9 Å². The van der Waals surface area contributed by atoms with Crippen LogP contribution in [0.15, 0.2) is 17.3 Å². The maximum absolute atomic E-state index is 12.3. The van der Waals surface area contributed by atoms with Gasteiger partial charge in [0, 0.05) is 19.2 Å². The zero-order chi connectivity index (χ0) is 17.1. The van der Waals surface area contributed by atoms with E-state index in [9.17, 15) is 9.59 Å². The van der Waals surface area contributed by atoms with E-state index in [4.69, 9.17) is 17.0 Å². The number of ether oxygens (including phenoxy) is 1. The first kappa shape index (κ1) is 19.1. The number of hydrogen-bond donors (Lipinski definition) is 3. The standard InChI is InChI=1S/C15H24N4O3S/c1-3-22-15(21)18-12(7-4-5-9-16-11(2)23)14(20)19-13-8-6-10-17-13/h6,10,12H,3-5,7-9H2,1-2H3,(H,16,23)(H,18,21)(H,17,19,20)/t12-/m0/s1. The van der Waals surface area contributed by atoms with Crippen LogP contribution in [0.25, 0.3) is 0 Å². The summed E-state index contributed by atoms with van der Waals surface area (Å²) in [5.74, 6) is 0.308. The second-order valence-corrected chi connectivity index (χ2v) is 5.66. The molecule has 1 aliphatic rings.